The summed E-state index contributed by atoms with van der Waals surface area (Å²) in [4.78, 5) is 28.4. The largest absolute Gasteiger partial charge is 0.426 e. The SMILES string of the molecule is CCCCCCCC/C=C\CCCCCCCC(=O)Oc1ccccc1-c1ccc(-c2ccccc2OC(=O)CCCCCCC/C=C\CCCCCCCC)c2nn(CCCCCCCC)nc12. The monoisotopic (exact) mass is 944 g/mol. The Morgan fingerprint density at radius 3 is 1.09 bits per heavy atom. The fraction of sp³-hybridized carbons (Fsp3) is 0.613. The molecule has 0 spiro atoms. The van der Waals surface area contributed by atoms with Crippen LogP contribution in [0.5, 0.6) is 11.5 Å². The Bertz CT molecular complexity index is 1900. The van der Waals surface area contributed by atoms with Crippen molar-refractivity contribution in [1.82, 2.24) is 15.0 Å². The normalized spacial score (nSPS) is 11.7. The van der Waals surface area contributed by atoms with Crippen LogP contribution in [0.25, 0.3) is 33.3 Å². The topological polar surface area (TPSA) is 83.3 Å². The van der Waals surface area contributed by atoms with Crippen LogP contribution < -0.4 is 9.47 Å². The van der Waals surface area contributed by atoms with Crippen molar-refractivity contribution in [3.05, 3.63) is 85.0 Å². The lowest BCUT2D eigenvalue weighted by atomic mass is 9.97. The van der Waals surface area contributed by atoms with Gasteiger partial charge in [0.25, 0.3) is 0 Å². The lowest BCUT2D eigenvalue weighted by molar-refractivity contribution is -0.135. The van der Waals surface area contributed by atoms with Crippen LogP contribution in [0.2, 0.25) is 0 Å². The Hall–Kier alpha value is -4.52. The van der Waals surface area contributed by atoms with Crippen molar-refractivity contribution in [3.63, 3.8) is 0 Å². The van der Waals surface area contributed by atoms with Crippen molar-refractivity contribution in [3.8, 4) is 33.8 Å². The Kier molecular flexibility index (Phi) is 30.9. The van der Waals surface area contributed by atoms with E-state index in [0.717, 1.165) is 97.5 Å². The van der Waals surface area contributed by atoms with E-state index in [0.29, 0.717) is 30.9 Å². The summed E-state index contributed by atoms with van der Waals surface area (Å²) in [5.41, 5.74) is 4.77. The molecule has 0 N–H and O–H groups in total. The van der Waals surface area contributed by atoms with E-state index in [1.54, 1.807) is 0 Å². The van der Waals surface area contributed by atoms with E-state index in [-0.39, 0.29) is 11.9 Å². The molecule has 0 fully saturated rings. The van der Waals surface area contributed by atoms with E-state index in [1.165, 1.54) is 141 Å². The lowest BCUT2D eigenvalue weighted by Crippen LogP contribution is -2.08. The number of nitrogens with zero attached hydrogens (tertiary/aromatic N) is 3. The molecule has 0 unspecified atom stereocenters. The molecule has 380 valence electrons. The maximum atomic E-state index is 13.3. The quantitative estimate of drug-likeness (QED) is 0.0191. The number of aryl methyl sites for hydroxylation is 1. The summed E-state index contributed by atoms with van der Waals surface area (Å²) in [7, 11) is 0. The zero-order valence-corrected chi connectivity index (χ0v) is 43.8. The maximum Gasteiger partial charge on any atom is 0.311 e. The second kappa shape index (κ2) is 37.3. The zero-order valence-electron chi connectivity index (χ0n) is 43.8. The summed E-state index contributed by atoms with van der Waals surface area (Å²) in [6.07, 6.45) is 48.9. The zero-order chi connectivity index (χ0) is 48.8. The number of para-hydroxylation sites is 2. The third-order valence-corrected chi connectivity index (χ3v) is 13.4. The van der Waals surface area contributed by atoms with Crippen molar-refractivity contribution in [2.75, 3.05) is 0 Å². The highest BCUT2D eigenvalue weighted by molar-refractivity contribution is 6.02. The van der Waals surface area contributed by atoms with Crippen molar-refractivity contribution >= 4 is 23.0 Å². The summed E-state index contributed by atoms with van der Waals surface area (Å²) in [5, 5.41) is 10.2. The molecule has 0 radical (unpaired) electrons. The van der Waals surface area contributed by atoms with Crippen molar-refractivity contribution in [2.24, 2.45) is 0 Å². The number of fused-ring (bicyclic) bond motifs is 1. The highest BCUT2D eigenvalue weighted by atomic mass is 16.5. The molecule has 4 rings (SSSR count). The van der Waals surface area contributed by atoms with Gasteiger partial charge in [-0.05, 0) is 82.8 Å². The number of hydrogen-bond donors (Lipinski definition) is 0. The van der Waals surface area contributed by atoms with Gasteiger partial charge in [-0.25, -0.2) is 0 Å². The fourth-order valence-corrected chi connectivity index (χ4v) is 9.19. The molecule has 7 heteroatoms. The summed E-state index contributed by atoms with van der Waals surface area (Å²) in [6.45, 7) is 7.49. The molecule has 69 heavy (non-hydrogen) atoms. The van der Waals surface area contributed by atoms with Crippen molar-refractivity contribution < 1.29 is 19.1 Å². The van der Waals surface area contributed by atoms with Crippen LogP contribution >= 0.6 is 0 Å². The highest BCUT2D eigenvalue weighted by Crippen LogP contribution is 2.40. The number of unbranched alkanes of at least 4 members (excludes halogenated alkanes) is 27. The van der Waals surface area contributed by atoms with E-state index >= 15 is 0 Å². The van der Waals surface area contributed by atoms with Gasteiger partial charge < -0.3 is 9.47 Å². The van der Waals surface area contributed by atoms with Crippen LogP contribution in [0, 0.1) is 0 Å². The third-order valence-electron chi connectivity index (χ3n) is 13.4. The number of rotatable bonds is 41. The molecular weight excluding hydrogens is 851 g/mol. The number of carbonyl (C=O) groups is 2. The number of ether oxygens (including phenoxy) is 2. The number of carbonyl (C=O) groups excluding carboxylic acids is 2. The molecule has 0 saturated carbocycles. The van der Waals surface area contributed by atoms with E-state index < -0.39 is 0 Å². The first kappa shape index (κ1) is 57.1. The summed E-state index contributed by atoms with van der Waals surface area (Å²) >= 11 is 0. The number of aromatic nitrogens is 3. The molecule has 0 amide bonds. The molecular formula is C62H93N3O4. The third kappa shape index (κ3) is 23.8. The molecule has 4 aromatic rings. The van der Waals surface area contributed by atoms with Gasteiger partial charge in [-0.2, -0.15) is 15.0 Å². The average molecular weight is 944 g/mol. The average Bonchev–Trinajstić information content (AvgIpc) is 3.79. The van der Waals surface area contributed by atoms with E-state index in [4.69, 9.17) is 19.7 Å². The molecule has 0 bridgehead atoms. The predicted octanol–water partition coefficient (Wildman–Crippen LogP) is 19.0. The maximum absolute atomic E-state index is 13.3. The van der Waals surface area contributed by atoms with Gasteiger partial charge in [0, 0.05) is 35.1 Å². The second-order valence-electron chi connectivity index (χ2n) is 19.5. The lowest BCUT2D eigenvalue weighted by Gasteiger charge is -2.13. The number of esters is 2. The van der Waals surface area contributed by atoms with Gasteiger partial charge in [-0.3, -0.25) is 9.59 Å². The highest BCUT2D eigenvalue weighted by Gasteiger charge is 2.21. The first-order valence-electron chi connectivity index (χ1n) is 28.3. The first-order chi connectivity index (χ1) is 34.0. The van der Waals surface area contributed by atoms with Crippen LogP contribution in [-0.2, 0) is 16.1 Å². The fourth-order valence-electron chi connectivity index (χ4n) is 9.19. The summed E-state index contributed by atoms with van der Waals surface area (Å²) < 4.78 is 12.2. The standard InChI is InChI=1S/C62H93N3O4/c1-4-7-10-13-16-18-20-22-24-26-28-30-32-34-37-48-59(66)68-57-46-41-39-44-53(57)55-50-51-56(62-61(55)63-65(64-62)52-43-36-15-12-9-6-3)54-45-40-42-47-58(54)69-60(67)49-38-35-33-31-29-27-25-23-21-19-17-14-11-8-5-2/h22-25,39-42,44-47,50-51H,4-21,26-38,43,48-49,52H2,1-3H3/b24-22-,25-23-. The van der Waals surface area contributed by atoms with Gasteiger partial charge in [0.2, 0.25) is 0 Å². The molecule has 1 aromatic heterocycles. The number of hydrogen-bond acceptors (Lipinski definition) is 6. The van der Waals surface area contributed by atoms with Crippen LogP contribution in [0.1, 0.15) is 239 Å². The molecule has 1 heterocycles. The van der Waals surface area contributed by atoms with Crippen molar-refractivity contribution in [1.29, 1.82) is 0 Å². The molecule has 0 saturated heterocycles. The van der Waals surface area contributed by atoms with Crippen LogP contribution in [0.4, 0.5) is 0 Å². The minimum atomic E-state index is -0.211. The molecule has 3 aromatic carbocycles. The van der Waals surface area contributed by atoms with E-state index in [9.17, 15) is 9.59 Å². The van der Waals surface area contributed by atoms with E-state index in [2.05, 4.69) is 45.1 Å². The Morgan fingerprint density at radius 2 is 0.710 bits per heavy atom. The molecule has 7 nitrogen and oxygen atoms in total. The Balaban J connectivity index is 1.32. The Morgan fingerprint density at radius 1 is 0.391 bits per heavy atom. The van der Waals surface area contributed by atoms with Crippen LogP contribution in [0.15, 0.2) is 85.0 Å². The van der Waals surface area contributed by atoms with Crippen molar-refractivity contribution in [2.45, 2.75) is 246 Å². The number of allylic oxidation sites excluding steroid dienone is 4. The second-order valence-corrected chi connectivity index (χ2v) is 19.5. The van der Waals surface area contributed by atoms with E-state index in [1.807, 2.05) is 65.5 Å². The van der Waals surface area contributed by atoms with Gasteiger partial charge in [0.1, 0.15) is 22.5 Å². The van der Waals surface area contributed by atoms with Crippen LogP contribution in [-0.4, -0.2) is 26.9 Å². The van der Waals surface area contributed by atoms with Gasteiger partial charge in [-0.15, -0.1) is 0 Å². The predicted molar refractivity (Wildman–Crippen MR) is 292 cm³/mol. The molecule has 0 aliphatic rings. The molecule has 0 aliphatic carbocycles. The van der Waals surface area contributed by atoms with Crippen LogP contribution in [0.3, 0.4) is 0 Å². The van der Waals surface area contributed by atoms with Gasteiger partial charge in [-0.1, -0.05) is 228 Å². The first-order valence-corrected chi connectivity index (χ1v) is 28.3. The number of benzene rings is 3. The smallest absolute Gasteiger partial charge is 0.311 e. The Labute approximate surface area is 419 Å². The summed E-state index contributed by atoms with van der Waals surface area (Å²) in [6, 6.07) is 19.6. The minimum absolute atomic E-state index is 0.211. The summed E-state index contributed by atoms with van der Waals surface area (Å²) in [5.74, 6) is 0.633. The minimum Gasteiger partial charge on any atom is -0.426 e. The van der Waals surface area contributed by atoms with Gasteiger partial charge >= 0.3 is 11.9 Å². The molecule has 0 atom stereocenters. The van der Waals surface area contributed by atoms with Gasteiger partial charge in [0.05, 0.1) is 6.54 Å². The van der Waals surface area contributed by atoms with Gasteiger partial charge in [0.15, 0.2) is 0 Å². The molecule has 0 aliphatic heterocycles.